The molecule has 0 fully saturated rings. The van der Waals surface area contributed by atoms with Gasteiger partial charge in [0.15, 0.2) is 0 Å². The van der Waals surface area contributed by atoms with Gasteiger partial charge in [-0.3, -0.25) is 4.98 Å². The van der Waals surface area contributed by atoms with Crippen LogP contribution in [0.25, 0.3) is 0 Å². The van der Waals surface area contributed by atoms with E-state index >= 15 is 0 Å². The summed E-state index contributed by atoms with van der Waals surface area (Å²) in [5, 5.41) is 0. The second-order valence-electron chi connectivity index (χ2n) is 4.76. The highest BCUT2D eigenvalue weighted by Crippen LogP contribution is 2.23. The molecule has 0 saturated heterocycles. The summed E-state index contributed by atoms with van der Waals surface area (Å²) < 4.78 is 11.2. The molecule has 3 nitrogen and oxygen atoms in total. The van der Waals surface area contributed by atoms with Crippen molar-refractivity contribution in [1.29, 1.82) is 0 Å². The largest absolute Gasteiger partial charge is 0.494 e. The average Bonchev–Trinajstić information content (AvgIpc) is 2.64. The number of benzene rings is 2. The maximum atomic E-state index is 5.68. The molecular formula is C20H21NO2. The third-order valence-electron chi connectivity index (χ3n) is 2.84. The lowest BCUT2D eigenvalue weighted by atomic mass is 10.3. The van der Waals surface area contributed by atoms with Gasteiger partial charge in [0.2, 0.25) is 0 Å². The van der Waals surface area contributed by atoms with E-state index in [-0.39, 0.29) is 0 Å². The maximum absolute atomic E-state index is 5.68. The van der Waals surface area contributed by atoms with Gasteiger partial charge < -0.3 is 9.47 Å². The molecule has 0 aliphatic carbocycles. The summed E-state index contributed by atoms with van der Waals surface area (Å²) in [4.78, 5) is 3.78. The summed E-state index contributed by atoms with van der Waals surface area (Å²) in [7, 11) is 0. The molecule has 0 unspecified atom stereocenters. The van der Waals surface area contributed by atoms with Crippen molar-refractivity contribution in [2.45, 2.75) is 13.3 Å². The van der Waals surface area contributed by atoms with E-state index in [4.69, 9.17) is 9.47 Å². The van der Waals surface area contributed by atoms with Gasteiger partial charge in [-0.25, -0.2) is 0 Å². The quantitative estimate of drug-likeness (QED) is 0.636. The van der Waals surface area contributed by atoms with Crippen LogP contribution in [0.5, 0.6) is 17.2 Å². The molecule has 0 aliphatic rings. The normalized spacial score (nSPS) is 9.43. The molecule has 0 N–H and O–H groups in total. The first-order valence-electron chi connectivity index (χ1n) is 7.69. The van der Waals surface area contributed by atoms with Crippen LogP contribution < -0.4 is 9.47 Å². The standard InChI is InChI=1S/C15H16O2.C5H5N/c1-2-12-16-13-8-10-15(11-9-13)17-14-6-4-3-5-7-14;1-2-4-6-5-3-1/h3-11H,2,12H2,1H3;1-5H. The molecule has 1 aromatic heterocycles. The zero-order chi connectivity index (χ0) is 16.2. The number of aromatic nitrogens is 1. The van der Waals surface area contributed by atoms with E-state index in [0.717, 1.165) is 30.3 Å². The van der Waals surface area contributed by atoms with Crippen molar-refractivity contribution >= 4 is 0 Å². The molecule has 0 amide bonds. The first-order chi connectivity index (χ1) is 11.4. The van der Waals surface area contributed by atoms with Crippen LogP contribution in [0.4, 0.5) is 0 Å². The highest BCUT2D eigenvalue weighted by molar-refractivity contribution is 5.35. The average molecular weight is 307 g/mol. The molecule has 0 spiro atoms. The van der Waals surface area contributed by atoms with Gasteiger partial charge in [0, 0.05) is 12.4 Å². The molecule has 0 saturated carbocycles. The van der Waals surface area contributed by atoms with Crippen LogP contribution in [0.15, 0.2) is 85.2 Å². The molecule has 3 heteroatoms. The van der Waals surface area contributed by atoms with E-state index in [1.807, 2.05) is 72.8 Å². The Kier molecular flexibility index (Phi) is 7.20. The van der Waals surface area contributed by atoms with Gasteiger partial charge in [-0.2, -0.15) is 0 Å². The highest BCUT2D eigenvalue weighted by atomic mass is 16.5. The van der Waals surface area contributed by atoms with E-state index in [9.17, 15) is 0 Å². The lowest BCUT2D eigenvalue weighted by Gasteiger charge is -2.07. The molecule has 118 valence electrons. The lowest BCUT2D eigenvalue weighted by molar-refractivity contribution is 0.317. The molecule has 3 rings (SSSR count). The zero-order valence-electron chi connectivity index (χ0n) is 13.3. The molecule has 23 heavy (non-hydrogen) atoms. The van der Waals surface area contributed by atoms with Gasteiger partial charge >= 0.3 is 0 Å². The van der Waals surface area contributed by atoms with Gasteiger partial charge in [0.1, 0.15) is 17.2 Å². The Hall–Kier alpha value is -2.81. The topological polar surface area (TPSA) is 31.4 Å². The second kappa shape index (κ2) is 10.0. The van der Waals surface area contributed by atoms with Crippen molar-refractivity contribution in [3.05, 3.63) is 85.2 Å². The fourth-order valence-corrected chi connectivity index (χ4v) is 1.76. The zero-order valence-corrected chi connectivity index (χ0v) is 13.3. The summed E-state index contributed by atoms with van der Waals surface area (Å²) in [5.74, 6) is 2.54. The molecular weight excluding hydrogens is 286 g/mol. The summed E-state index contributed by atoms with van der Waals surface area (Å²) in [6.07, 6.45) is 4.52. The number of ether oxygens (including phenoxy) is 2. The van der Waals surface area contributed by atoms with Crippen molar-refractivity contribution in [3.63, 3.8) is 0 Å². The first-order valence-corrected chi connectivity index (χ1v) is 7.69. The molecule has 2 aromatic carbocycles. The van der Waals surface area contributed by atoms with E-state index < -0.39 is 0 Å². The number of nitrogens with zero attached hydrogens (tertiary/aromatic N) is 1. The van der Waals surface area contributed by atoms with Crippen molar-refractivity contribution in [2.24, 2.45) is 0 Å². The fourth-order valence-electron chi connectivity index (χ4n) is 1.76. The number of hydrogen-bond acceptors (Lipinski definition) is 3. The Labute approximate surface area is 137 Å². The van der Waals surface area contributed by atoms with Crippen molar-refractivity contribution < 1.29 is 9.47 Å². The van der Waals surface area contributed by atoms with Gasteiger partial charge in [-0.1, -0.05) is 31.2 Å². The predicted octanol–water partition coefficient (Wildman–Crippen LogP) is 5.35. The van der Waals surface area contributed by atoms with Crippen LogP contribution in [0.1, 0.15) is 13.3 Å². The van der Waals surface area contributed by atoms with Crippen LogP contribution >= 0.6 is 0 Å². The first kappa shape index (κ1) is 16.6. The maximum Gasteiger partial charge on any atom is 0.127 e. The monoisotopic (exact) mass is 307 g/mol. The van der Waals surface area contributed by atoms with E-state index in [1.165, 1.54) is 0 Å². The van der Waals surface area contributed by atoms with Crippen molar-refractivity contribution in [3.8, 4) is 17.2 Å². The Bertz CT molecular complexity index is 613. The lowest BCUT2D eigenvalue weighted by Crippen LogP contribution is -1.94. The summed E-state index contributed by atoms with van der Waals surface area (Å²) in [6.45, 7) is 2.84. The van der Waals surface area contributed by atoms with Crippen LogP contribution in [-0.4, -0.2) is 11.6 Å². The van der Waals surface area contributed by atoms with Gasteiger partial charge in [-0.05, 0) is 55.0 Å². The van der Waals surface area contributed by atoms with E-state index in [0.29, 0.717) is 0 Å². The second-order valence-corrected chi connectivity index (χ2v) is 4.76. The Morgan fingerprint density at radius 1 is 0.696 bits per heavy atom. The molecule has 0 aliphatic heterocycles. The van der Waals surface area contributed by atoms with Crippen molar-refractivity contribution in [2.75, 3.05) is 6.61 Å². The smallest absolute Gasteiger partial charge is 0.127 e. The molecule has 1 heterocycles. The highest BCUT2D eigenvalue weighted by Gasteiger charge is 1.97. The van der Waals surface area contributed by atoms with Crippen molar-refractivity contribution in [1.82, 2.24) is 4.98 Å². The Morgan fingerprint density at radius 3 is 1.78 bits per heavy atom. The molecule has 0 bridgehead atoms. The number of para-hydroxylation sites is 1. The number of pyridine rings is 1. The van der Waals surface area contributed by atoms with E-state index in [2.05, 4.69) is 11.9 Å². The third-order valence-corrected chi connectivity index (χ3v) is 2.84. The summed E-state index contributed by atoms with van der Waals surface area (Å²) in [6, 6.07) is 23.1. The third kappa shape index (κ3) is 6.66. The summed E-state index contributed by atoms with van der Waals surface area (Å²) >= 11 is 0. The molecule has 0 atom stereocenters. The molecule has 3 aromatic rings. The van der Waals surface area contributed by atoms with Crippen LogP contribution in [0.3, 0.4) is 0 Å². The number of hydrogen-bond donors (Lipinski definition) is 0. The van der Waals surface area contributed by atoms with Gasteiger partial charge in [0.25, 0.3) is 0 Å². The minimum absolute atomic E-state index is 0.749. The summed E-state index contributed by atoms with van der Waals surface area (Å²) in [5.41, 5.74) is 0. The SMILES string of the molecule is CCCOc1ccc(Oc2ccccc2)cc1.c1ccncc1. The van der Waals surface area contributed by atoms with Crippen LogP contribution in [-0.2, 0) is 0 Å². The molecule has 0 radical (unpaired) electrons. The van der Waals surface area contributed by atoms with Crippen LogP contribution in [0.2, 0.25) is 0 Å². The van der Waals surface area contributed by atoms with Gasteiger partial charge in [0.05, 0.1) is 6.61 Å². The minimum atomic E-state index is 0.749. The Morgan fingerprint density at radius 2 is 1.26 bits per heavy atom. The fraction of sp³-hybridized carbons (Fsp3) is 0.150. The van der Waals surface area contributed by atoms with Gasteiger partial charge in [-0.15, -0.1) is 0 Å². The van der Waals surface area contributed by atoms with Crippen LogP contribution in [0, 0.1) is 0 Å². The van der Waals surface area contributed by atoms with E-state index in [1.54, 1.807) is 12.4 Å². The predicted molar refractivity (Wildman–Crippen MR) is 93.0 cm³/mol. The Balaban J connectivity index is 0.000000268. The number of rotatable bonds is 5. The minimum Gasteiger partial charge on any atom is -0.494 e.